The standard InChI is InChI=1S/C16H20Cl2N4O/c1-10-13(11(2)21-20-10)6-7-22(3)16(23)19-9-12-4-5-14(17)15(18)8-12/h4-5,8H,6-7,9H2,1-3H3,(H,19,23)(H,20,21). The number of halogens is 2. The quantitative estimate of drug-likeness (QED) is 0.859. The average molecular weight is 355 g/mol. The molecule has 0 aliphatic rings. The summed E-state index contributed by atoms with van der Waals surface area (Å²) in [6.07, 6.45) is 0.769. The van der Waals surface area contributed by atoms with E-state index in [4.69, 9.17) is 23.2 Å². The van der Waals surface area contributed by atoms with E-state index in [9.17, 15) is 4.79 Å². The number of aryl methyl sites for hydroxylation is 2. The number of nitrogens with zero attached hydrogens (tertiary/aromatic N) is 2. The van der Waals surface area contributed by atoms with Gasteiger partial charge in [0.05, 0.1) is 15.7 Å². The molecule has 2 N–H and O–H groups in total. The highest BCUT2D eigenvalue weighted by atomic mass is 35.5. The zero-order chi connectivity index (χ0) is 17.0. The van der Waals surface area contributed by atoms with Crippen LogP contribution in [0.1, 0.15) is 22.5 Å². The van der Waals surface area contributed by atoms with Crippen LogP contribution in [0.2, 0.25) is 10.0 Å². The Balaban J connectivity index is 1.84. The van der Waals surface area contributed by atoms with Gasteiger partial charge in [-0.05, 0) is 43.5 Å². The normalized spacial score (nSPS) is 10.7. The minimum absolute atomic E-state index is 0.130. The van der Waals surface area contributed by atoms with E-state index in [-0.39, 0.29) is 6.03 Å². The van der Waals surface area contributed by atoms with Crippen LogP contribution in [-0.2, 0) is 13.0 Å². The summed E-state index contributed by atoms with van der Waals surface area (Å²) >= 11 is 11.8. The van der Waals surface area contributed by atoms with E-state index in [2.05, 4.69) is 15.5 Å². The summed E-state index contributed by atoms with van der Waals surface area (Å²) in [6, 6.07) is 5.18. The molecule has 0 fully saturated rings. The van der Waals surface area contributed by atoms with Gasteiger partial charge in [0.25, 0.3) is 0 Å². The van der Waals surface area contributed by atoms with Gasteiger partial charge in [-0.15, -0.1) is 0 Å². The lowest BCUT2D eigenvalue weighted by Gasteiger charge is -2.18. The lowest BCUT2D eigenvalue weighted by Crippen LogP contribution is -2.38. The highest BCUT2D eigenvalue weighted by molar-refractivity contribution is 6.42. The Morgan fingerprint density at radius 3 is 2.65 bits per heavy atom. The molecule has 5 nitrogen and oxygen atoms in total. The molecule has 0 radical (unpaired) electrons. The Morgan fingerprint density at radius 2 is 2.04 bits per heavy atom. The molecule has 1 aromatic heterocycles. The van der Waals surface area contributed by atoms with Crippen LogP contribution >= 0.6 is 23.2 Å². The van der Waals surface area contributed by atoms with Gasteiger partial charge in [-0.2, -0.15) is 5.10 Å². The first-order valence-corrected chi connectivity index (χ1v) is 8.07. The van der Waals surface area contributed by atoms with Crippen molar-refractivity contribution in [3.63, 3.8) is 0 Å². The Hall–Kier alpha value is -1.72. The van der Waals surface area contributed by atoms with Crippen LogP contribution in [0.25, 0.3) is 0 Å². The highest BCUT2D eigenvalue weighted by Crippen LogP contribution is 2.22. The van der Waals surface area contributed by atoms with Crippen molar-refractivity contribution < 1.29 is 4.79 Å². The summed E-state index contributed by atoms with van der Waals surface area (Å²) in [6.45, 7) is 4.97. The Morgan fingerprint density at radius 1 is 1.30 bits per heavy atom. The molecular formula is C16H20Cl2N4O. The van der Waals surface area contributed by atoms with Crippen molar-refractivity contribution in [3.8, 4) is 0 Å². The number of rotatable bonds is 5. The van der Waals surface area contributed by atoms with E-state index in [1.54, 1.807) is 24.1 Å². The monoisotopic (exact) mass is 354 g/mol. The first kappa shape index (κ1) is 17.6. The van der Waals surface area contributed by atoms with Crippen molar-refractivity contribution in [2.45, 2.75) is 26.8 Å². The smallest absolute Gasteiger partial charge is 0.317 e. The summed E-state index contributed by atoms with van der Waals surface area (Å²) in [5, 5.41) is 11.0. The number of hydrogen-bond acceptors (Lipinski definition) is 2. The predicted octanol–water partition coefficient (Wildman–Crippen LogP) is 3.72. The molecule has 1 aromatic carbocycles. The average Bonchev–Trinajstić information content (AvgIpc) is 2.84. The molecule has 2 rings (SSSR count). The number of benzene rings is 1. The van der Waals surface area contributed by atoms with E-state index in [0.29, 0.717) is 23.1 Å². The third kappa shape index (κ3) is 4.62. The molecule has 0 saturated carbocycles. The van der Waals surface area contributed by atoms with Gasteiger partial charge < -0.3 is 10.2 Å². The minimum atomic E-state index is -0.130. The molecule has 2 amide bonds. The lowest BCUT2D eigenvalue weighted by molar-refractivity contribution is 0.209. The van der Waals surface area contributed by atoms with Crippen molar-refractivity contribution in [2.75, 3.05) is 13.6 Å². The third-order valence-corrected chi connectivity index (χ3v) is 4.49. The highest BCUT2D eigenvalue weighted by Gasteiger charge is 2.11. The lowest BCUT2D eigenvalue weighted by atomic mass is 10.1. The number of carbonyl (C=O) groups excluding carboxylic acids is 1. The maximum absolute atomic E-state index is 12.1. The summed E-state index contributed by atoms with van der Waals surface area (Å²) in [7, 11) is 1.77. The Kier molecular flexibility index (Phi) is 5.91. The molecular weight excluding hydrogens is 335 g/mol. The molecule has 7 heteroatoms. The van der Waals surface area contributed by atoms with Crippen LogP contribution in [0.5, 0.6) is 0 Å². The fourth-order valence-corrected chi connectivity index (χ4v) is 2.61. The number of amides is 2. The molecule has 1 heterocycles. The van der Waals surface area contributed by atoms with Crippen molar-refractivity contribution in [3.05, 3.63) is 50.8 Å². The molecule has 2 aromatic rings. The first-order valence-electron chi connectivity index (χ1n) is 7.32. The third-order valence-electron chi connectivity index (χ3n) is 3.75. The second-order valence-corrected chi connectivity index (χ2v) is 6.31. The summed E-state index contributed by atoms with van der Waals surface area (Å²) in [5.41, 5.74) is 4.09. The SMILES string of the molecule is Cc1n[nH]c(C)c1CCN(C)C(=O)NCc1ccc(Cl)c(Cl)c1. The molecule has 0 unspecified atom stereocenters. The predicted molar refractivity (Wildman–Crippen MR) is 93.1 cm³/mol. The molecule has 0 saturated heterocycles. The molecule has 124 valence electrons. The van der Waals surface area contributed by atoms with Crippen LogP contribution in [0, 0.1) is 13.8 Å². The van der Waals surface area contributed by atoms with Gasteiger partial charge >= 0.3 is 6.03 Å². The van der Waals surface area contributed by atoms with E-state index in [1.165, 1.54) is 0 Å². The molecule has 0 aliphatic heterocycles. The maximum atomic E-state index is 12.1. The van der Waals surface area contributed by atoms with E-state index >= 15 is 0 Å². The van der Waals surface area contributed by atoms with Crippen molar-refractivity contribution in [1.82, 2.24) is 20.4 Å². The van der Waals surface area contributed by atoms with Crippen LogP contribution in [0.15, 0.2) is 18.2 Å². The number of carbonyl (C=O) groups is 1. The molecule has 23 heavy (non-hydrogen) atoms. The van der Waals surface area contributed by atoms with Crippen LogP contribution in [0.3, 0.4) is 0 Å². The van der Waals surface area contributed by atoms with Crippen LogP contribution < -0.4 is 5.32 Å². The minimum Gasteiger partial charge on any atom is -0.334 e. The molecule has 0 spiro atoms. The number of nitrogens with one attached hydrogen (secondary N) is 2. The molecule has 0 aliphatic carbocycles. The van der Waals surface area contributed by atoms with Crippen LogP contribution in [0.4, 0.5) is 4.79 Å². The van der Waals surface area contributed by atoms with Gasteiger partial charge in [0.2, 0.25) is 0 Å². The first-order chi connectivity index (χ1) is 10.9. The summed E-state index contributed by atoms with van der Waals surface area (Å²) < 4.78 is 0. The van der Waals surface area contributed by atoms with Crippen molar-refractivity contribution >= 4 is 29.2 Å². The summed E-state index contributed by atoms with van der Waals surface area (Å²) in [5.74, 6) is 0. The van der Waals surface area contributed by atoms with Gasteiger partial charge in [-0.3, -0.25) is 5.10 Å². The van der Waals surface area contributed by atoms with E-state index in [1.807, 2.05) is 19.9 Å². The number of aromatic amines is 1. The fourth-order valence-electron chi connectivity index (χ4n) is 2.29. The van der Waals surface area contributed by atoms with Crippen LogP contribution in [-0.4, -0.2) is 34.7 Å². The Bertz CT molecular complexity index is 680. The number of likely N-dealkylation sites (N-methyl/N-ethyl adjacent to an activating group) is 1. The number of hydrogen-bond donors (Lipinski definition) is 2. The largest absolute Gasteiger partial charge is 0.334 e. The zero-order valence-electron chi connectivity index (χ0n) is 13.4. The topological polar surface area (TPSA) is 61.0 Å². The van der Waals surface area contributed by atoms with Crippen molar-refractivity contribution in [1.29, 1.82) is 0 Å². The number of H-pyrrole nitrogens is 1. The number of aromatic nitrogens is 2. The second-order valence-electron chi connectivity index (χ2n) is 5.49. The van der Waals surface area contributed by atoms with E-state index in [0.717, 1.165) is 28.9 Å². The maximum Gasteiger partial charge on any atom is 0.317 e. The molecule has 0 bridgehead atoms. The zero-order valence-corrected chi connectivity index (χ0v) is 14.9. The Labute approximate surface area is 146 Å². The van der Waals surface area contributed by atoms with Crippen molar-refractivity contribution in [2.24, 2.45) is 0 Å². The fraction of sp³-hybridized carbons (Fsp3) is 0.375. The van der Waals surface area contributed by atoms with Gasteiger partial charge in [-0.25, -0.2) is 4.79 Å². The van der Waals surface area contributed by atoms with Gasteiger partial charge in [0.1, 0.15) is 0 Å². The molecule has 0 atom stereocenters. The van der Waals surface area contributed by atoms with Gasteiger partial charge in [0, 0.05) is 25.8 Å². The van der Waals surface area contributed by atoms with E-state index < -0.39 is 0 Å². The number of urea groups is 1. The summed E-state index contributed by atoms with van der Waals surface area (Å²) in [4.78, 5) is 13.8. The second kappa shape index (κ2) is 7.70. The van der Waals surface area contributed by atoms with Gasteiger partial charge in [-0.1, -0.05) is 29.3 Å². The van der Waals surface area contributed by atoms with Gasteiger partial charge in [0.15, 0.2) is 0 Å².